The first kappa shape index (κ1) is 23.8. The molecule has 0 bridgehead atoms. The van der Waals surface area contributed by atoms with Gasteiger partial charge in [-0.05, 0) is 60.3 Å². The molecule has 1 spiro atoms. The molecule has 178 valence electrons. The molecular formula is C28H37NO4. The van der Waals surface area contributed by atoms with E-state index in [2.05, 4.69) is 31.8 Å². The van der Waals surface area contributed by atoms with Crippen molar-refractivity contribution in [3.63, 3.8) is 0 Å². The summed E-state index contributed by atoms with van der Waals surface area (Å²) in [5.74, 6) is -0.214. The molecule has 4 N–H and O–H groups in total. The van der Waals surface area contributed by atoms with E-state index in [0.29, 0.717) is 17.9 Å². The molecule has 4 rings (SSSR count). The number of aromatic hydroxyl groups is 1. The Hall–Kier alpha value is -2.37. The van der Waals surface area contributed by atoms with Gasteiger partial charge in [0, 0.05) is 17.9 Å². The second kappa shape index (κ2) is 9.11. The Morgan fingerprint density at radius 3 is 2.48 bits per heavy atom. The highest BCUT2D eigenvalue weighted by molar-refractivity contribution is 5.88. The lowest BCUT2D eigenvalue weighted by Gasteiger charge is -2.51. The molecule has 0 unspecified atom stereocenters. The fraction of sp³-hybridized carbons (Fsp3) is 0.536. The van der Waals surface area contributed by atoms with Crippen LogP contribution in [0.3, 0.4) is 0 Å². The lowest BCUT2D eigenvalue weighted by molar-refractivity contribution is -0.147. The average molecular weight is 452 g/mol. The third-order valence-corrected chi connectivity index (χ3v) is 8.25. The van der Waals surface area contributed by atoms with Crippen molar-refractivity contribution in [2.45, 2.75) is 58.3 Å². The fourth-order valence-corrected chi connectivity index (χ4v) is 6.57. The number of amides is 1. The molecule has 33 heavy (non-hydrogen) atoms. The maximum Gasteiger partial charge on any atom is 0.230 e. The molecule has 1 saturated heterocycles. The fourth-order valence-electron chi connectivity index (χ4n) is 6.57. The van der Waals surface area contributed by atoms with E-state index in [1.807, 2.05) is 31.2 Å². The first-order valence-corrected chi connectivity index (χ1v) is 12.1. The molecule has 2 aliphatic carbocycles. The van der Waals surface area contributed by atoms with Gasteiger partial charge in [-0.25, -0.2) is 0 Å². The maximum atomic E-state index is 13.8. The summed E-state index contributed by atoms with van der Waals surface area (Å²) in [5.41, 5.74) is 0.530. The molecule has 0 radical (unpaired) electrons. The number of rotatable bonds is 2. The van der Waals surface area contributed by atoms with Gasteiger partial charge in [0.2, 0.25) is 5.91 Å². The second-order valence-corrected chi connectivity index (χ2v) is 10.6. The minimum absolute atomic E-state index is 0.157. The summed E-state index contributed by atoms with van der Waals surface area (Å²) >= 11 is 0. The monoisotopic (exact) mass is 451 g/mol. The Morgan fingerprint density at radius 1 is 1.09 bits per heavy atom. The van der Waals surface area contributed by atoms with Gasteiger partial charge in [0.05, 0.1) is 17.6 Å². The lowest BCUT2D eigenvalue weighted by Crippen LogP contribution is -2.59. The Labute approximate surface area is 196 Å². The third-order valence-electron chi connectivity index (χ3n) is 8.25. The van der Waals surface area contributed by atoms with Crippen LogP contribution in [0.5, 0.6) is 5.75 Å². The molecule has 1 aliphatic heterocycles. The van der Waals surface area contributed by atoms with Crippen LogP contribution in [0.1, 0.15) is 39.2 Å². The van der Waals surface area contributed by atoms with Crippen LogP contribution >= 0.6 is 0 Å². The minimum Gasteiger partial charge on any atom is -0.508 e. The Kier molecular flexibility index (Phi) is 6.56. The van der Waals surface area contributed by atoms with Crippen LogP contribution in [-0.4, -0.2) is 39.5 Å². The topological polar surface area (TPSA) is 89.8 Å². The van der Waals surface area contributed by atoms with Gasteiger partial charge in [-0.15, -0.1) is 0 Å². The number of aliphatic hydroxyl groups is 2. The van der Waals surface area contributed by atoms with Crippen LogP contribution in [0.2, 0.25) is 0 Å². The highest BCUT2D eigenvalue weighted by Gasteiger charge is 2.67. The molecule has 9 atom stereocenters. The van der Waals surface area contributed by atoms with Crippen molar-refractivity contribution < 1.29 is 20.1 Å². The van der Waals surface area contributed by atoms with Crippen LogP contribution in [0.15, 0.2) is 60.7 Å². The van der Waals surface area contributed by atoms with Crippen LogP contribution in [0, 0.1) is 35.0 Å². The van der Waals surface area contributed by atoms with Gasteiger partial charge in [-0.2, -0.15) is 0 Å². The first-order valence-electron chi connectivity index (χ1n) is 12.1. The number of hydrogen-bond donors (Lipinski definition) is 4. The predicted molar refractivity (Wildman–Crippen MR) is 129 cm³/mol. The largest absolute Gasteiger partial charge is 0.508 e. The molecule has 3 aliphatic rings. The summed E-state index contributed by atoms with van der Waals surface area (Å²) in [6.07, 6.45) is 8.35. The zero-order valence-electron chi connectivity index (χ0n) is 19.8. The summed E-state index contributed by atoms with van der Waals surface area (Å²) in [4.78, 5) is 13.8. The van der Waals surface area contributed by atoms with Crippen molar-refractivity contribution in [2.75, 3.05) is 0 Å². The lowest BCUT2D eigenvalue weighted by atomic mass is 9.51. The van der Waals surface area contributed by atoms with Crippen molar-refractivity contribution in [1.29, 1.82) is 0 Å². The van der Waals surface area contributed by atoms with Gasteiger partial charge in [0.15, 0.2) is 0 Å². The molecule has 1 amide bonds. The van der Waals surface area contributed by atoms with Gasteiger partial charge in [-0.1, -0.05) is 63.8 Å². The number of allylic oxidation sites excluding steroid dienone is 2. The maximum absolute atomic E-state index is 13.8. The minimum atomic E-state index is -1.18. The summed E-state index contributed by atoms with van der Waals surface area (Å²) in [7, 11) is 0. The molecule has 2 fully saturated rings. The number of phenolic OH excluding ortho intramolecular Hbond substituents is 1. The van der Waals surface area contributed by atoms with Crippen molar-refractivity contribution >= 4 is 5.91 Å². The number of aliphatic hydroxyl groups excluding tert-OH is 2. The van der Waals surface area contributed by atoms with Crippen LogP contribution < -0.4 is 5.32 Å². The first-order chi connectivity index (χ1) is 15.7. The van der Waals surface area contributed by atoms with Gasteiger partial charge in [0.1, 0.15) is 5.75 Å². The van der Waals surface area contributed by atoms with Crippen LogP contribution in [0.25, 0.3) is 0 Å². The van der Waals surface area contributed by atoms with E-state index < -0.39 is 23.5 Å². The van der Waals surface area contributed by atoms with Gasteiger partial charge in [-0.3, -0.25) is 4.79 Å². The second-order valence-electron chi connectivity index (χ2n) is 10.6. The number of carbonyl (C=O) groups excluding carboxylic acids is 1. The summed E-state index contributed by atoms with van der Waals surface area (Å²) in [5, 5.41) is 35.8. The van der Waals surface area contributed by atoms with Crippen molar-refractivity contribution in [1.82, 2.24) is 5.32 Å². The van der Waals surface area contributed by atoms with Gasteiger partial charge in [0.25, 0.3) is 0 Å². The summed E-state index contributed by atoms with van der Waals surface area (Å²) in [6.45, 7) is 10.6. The van der Waals surface area contributed by atoms with Gasteiger partial charge >= 0.3 is 0 Å². The Balaban J connectivity index is 1.82. The molecule has 0 aromatic heterocycles. The van der Waals surface area contributed by atoms with Gasteiger partial charge < -0.3 is 20.6 Å². The number of carbonyl (C=O) groups is 1. The third kappa shape index (κ3) is 4.06. The molecule has 5 heteroatoms. The van der Waals surface area contributed by atoms with Crippen LogP contribution in [0.4, 0.5) is 0 Å². The average Bonchev–Trinajstić information content (AvgIpc) is 3.05. The van der Waals surface area contributed by atoms with Crippen molar-refractivity contribution in [2.24, 2.45) is 35.0 Å². The molecule has 1 heterocycles. The SMILES string of the molecule is C=C1[C@@H](C)[C@H]2[C@H](Cc3ccc(O)cc3)NC(=O)[C@]23[C@H](O)/C=C\[C@@H](C)C[C@@H](C)C/C=C\[C@H]3[C@@H]1O. The number of hydrogen-bond acceptors (Lipinski definition) is 4. The number of benzene rings is 1. The Bertz CT molecular complexity index is 951. The quantitative estimate of drug-likeness (QED) is 0.516. The normalized spacial score (nSPS) is 43.1. The molecule has 1 aromatic carbocycles. The standard InChI is InChI=1S/C28H37NO4/c1-16-6-5-7-22-26(32)19(4)18(3)25-23(15-20-9-11-21(30)12-10-20)29-27(33)28(22,25)24(31)13-8-17(2)14-16/h5,7-13,16-18,22-26,30-32H,4,6,14-15H2,1-3H3,(H,29,33)/b7-5-,13-8-/t16-,17+,18+,22-,23-,24+,25-,26+,28+/m0/s1. The van der Waals surface area contributed by atoms with Crippen molar-refractivity contribution in [3.8, 4) is 5.75 Å². The van der Waals surface area contributed by atoms with E-state index in [-0.39, 0.29) is 35.5 Å². The molecule has 1 aromatic rings. The molecule has 5 nitrogen and oxygen atoms in total. The number of phenols is 1. The molecular weight excluding hydrogens is 414 g/mol. The van der Waals surface area contributed by atoms with E-state index in [9.17, 15) is 20.1 Å². The van der Waals surface area contributed by atoms with E-state index >= 15 is 0 Å². The zero-order valence-corrected chi connectivity index (χ0v) is 19.8. The van der Waals surface area contributed by atoms with Crippen molar-refractivity contribution in [3.05, 3.63) is 66.3 Å². The highest BCUT2D eigenvalue weighted by atomic mass is 16.3. The zero-order chi connectivity index (χ0) is 23.9. The van der Waals surface area contributed by atoms with E-state index in [0.717, 1.165) is 18.4 Å². The van der Waals surface area contributed by atoms with Crippen LogP contribution in [-0.2, 0) is 11.2 Å². The summed E-state index contributed by atoms with van der Waals surface area (Å²) < 4.78 is 0. The van der Waals surface area contributed by atoms with E-state index in [1.54, 1.807) is 18.2 Å². The summed E-state index contributed by atoms with van der Waals surface area (Å²) in [6, 6.07) is 6.79. The predicted octanol–water partition coefficient (Wildman–Crippen LogP) is 3.76. The number of nitrogens with one attached hydrogen (secondary N) is 1. The molecule has 1 saturated carbocycles. The van der Waals surface area contributed by atoms with E-state index in [1.165, 1.54) is 0 Å². The smallest absolute Gasteiger partial charge is 0.230 e. The highest BCUT2D eigenvalue weighted by Crippen LogP contribution is 2.57. The Morgan fingerprint density at radius 2 is 1.79 bits per heavy atom. The van der Waals surface area contributed by atoms with E-state index in [4.69, 9.17) is 0 Å².